The van der Waals surface area contributed by atoms with Crippen molar-refractivity contribution in [2.75, 3.05) is 17.2 Å². The van der Waals surface area contributed by atoms with Gasteiger partial charge < -0.3 is 14.6 Å². The number of anilines is 2. The molecule has 0 aromatic heterocycles. The Morgan fingerprint density at radius 3 is 2.04 bits per heavy atom. The molecule has 1 aliphatic heterocycles. The van der Waals surface area contributed by atoms with Crippen LogP contribution in [0.25, 0.3) is 0 Å². The number of esters is 1. The van der Waals surface area contributed by atoms with E-state index >= 15 is 0 Å². The van der Waals surface area contributed by atoms with Crippen molar-refractivity contribution in [3.8, 4) is 0 Å². The lowest BCUT2D eigenvalue weighted by Gasteiger charge is -2.10. The quantitative estimate of drug-likeness (QED) is 0.685. The van der Waals surface area contributed by atoms with Crippen LogP contribution in [0.1, 0.15) is 13.3 Å². The number of cyclic esters (lactones) is 1. The van der Waals surface area contributed by atoms with Crippen molar-refractivity contribution in [1.29, 1.82) is 0 Å². The van der Waals surface area contributed by atoms with Gasteiger partial charge in [0.2, 0.25) is 0 Å². The fourth-order valence-electron chi connectivity index (χ4n) is 2.41. The van der Waals surface area contributed by atoms with Crippen molar-refractivity contribution in [1.82, 2.24) is 0 Å². The van der Waals surface area contributed by atoms with Gasteiger partial charge in [-0.25, -0.2) is 9.59 Å². The number of hydrogen-bond donors (Lipinski definition) is 3. The van der Waals surface area contributed by atoms with Crippen LogP contribution in [-0.4, -0.2) is 36.0 Å². The number of ether oxygens (including phenoxy) is 2. The Hall–Kier alpha value is -3.55. The maximum atomic E-state index is 11.5. The highest BCUT2D eigenvalue weighted by atomic mass is 16.6. The minimum absolute atomic E-state index is 0.0920. The molecular formula is C20H22N2O6. The van der Waals surface area contributed by atoms with E-state index in [1.807, 2.05) is 24.3 Å². The first-order valence-corrected chi connectivity index (χ1v) is 8.68. The fraction of sp³-hybridized carbons (Fsp3) is 0.250. The number of carboxylic acid groups (broad SMARTS) is 1. The molecule has 28 heavy (non-hydrogen) atoms. The molecular weight excluding hydrogens is 364 g/mol. The van der Waals surface area contributed by atoms with Crippen LogP contribution in [0, 0.1) is 5.92 Å². The summed E-state index contributed by atoms with van der Waals surface area (Å²) in [7, 11) is 0. The summed E-state index contributed by atoms with van der Waals surface area (Å²) >= 11 is 0. The maximum absolute atomic E-state index is 11.5. The molecule has 0 saturated carbocycles. The number of amides is 2. The monoisotopic (exact) mass is 386 g/mol. The van der Waals surface area contributed by atoms with Crippen LogP contribution in [0.3, 0.4) is 0 Å². The lowest BCUT2D eigenvalue weighted by atomic mass is 10.1. The van der Waals surface area contributed by atoms with Crippen LogP contribution >= 0.6 is 0 Å². The molecule has 148 valence electrons. The summed E-state index contributed by atoms with van der Waals surface area (Å²) in [6.45, 7) is 1.89. The van der Waals surface area contributed by atoms with Gasteiger partial charge >= 0.3 is 18.2 Å². The second-order valence-corrected chi connectivity index (χ2v) is 6.08. The van der Waals surface area contributed by atoms with Gasteiger partial charge in [0.25, 0.3) is 0 Å². The van der Waals surface area contributed by atoms with Gasteiger partial charge in [0.05, 0.1) is 5.92 Å². The number of carbonyl (C=O) groups excluding carboxylic acids is 2. The van der Waals surface area contributed by atoms with Gasteiger partial charge in [-0.2, -0.15) is 0 Å². The van der Waals surface area contributed by atoms with E-state index in [1.165, 1.54) is 0 Å². The standard InChI is InChI=1S/C13H15NO4.C7H7NO2/c1-9-7-11(18-12(9)15)8-17-13(16)14-10-5-3-2-4-6-10;9-7(10)8-6-4-2-1-3-5-6/h2-6,9,11H,7-8H2,1H3,(H,14,16);1-5,8H,(H,9,10). The molecule has 1 saturated heterocycles. The largest absolute Gasteiger partial charge is 0.465 e. The molecule has 0 bridgehead atoms. The lowest BCUT2D eigenvalue weighted by Crippen LogP contribution is -2.21. The third-order valence-corrected chi connectivity index (χ3v) is 3.75. The average Bonchev–Trinajstić information content (AvgIpc) is 2.99. The summed E-state index contributed by atoms with van der Waals surface area (Å²) in [6, 6.07) is 17.8. The smallest absolute Gasteiger partial charge is 0.411 e. The number of nitrogens with one attached hydrogen (secondary N) is 2. The molecule has 0 radical (unpaired) electrons. The molecule has 1 fully saturated rings. The van der Waals surface area contributed by atoms with Gasteiger partial charge in [-0.1, -0.05) is 43.3 Å². The van der Waals surface area contributed by atoms with E-state index in [0.717, 1.165) is 0 Å². The van der Waals surface area contributed by atoms with Gasteiger partial charge in [0, 0.05) is 17.8 Å². The van der Waals surface area contributed by atoms with Crippen LogP contribution in [-0.2, 0) is 14.3 Å². The van der Waals surface area contributed by atoms with E-state index in [-0.39, 0.29) is 24.6 Å². The number of rotatable bonds is 4. The minimum atomic E-state index is -1.04. The zero-order chi connectivity index (χ0) is 20.4. The molecule has 2 amide bonds. The van der Waals surface area contributed by atoms with E-state index in [9.17, 15) is 14.4 Å². The molecule has 8 nitrogen and oxygen atoms in total. The van der Waals surface area contributed by atoms with Crippen LogP contribution < -0.4 is 10.6 Å². The number of benzene rings is 2. The zero-order valence-corrected chi connectivity index (χ0v) is 15.3. The van der Waals surface area contributed by atoms with Crippen molar-refractivity contribution in [2.24, 2.45) is 5.92 Å². The van der Waals surface area contributed by atoms with E-state index in [1.54, 1.807) is 43.3 Å². The van der Waals surface area contributed by atoms with Gasteiger partial charge in [-0.3, -0.25) is 15.4 Å². The molecule has 0 aliphatic carbocycles. The Kier molecular flexibility index (Phi) is 7.83. The Morgan fingerprint density at radius 1 is 1.04 bits per heavy atom. The Balaban J connectivity index is 0.000000237. The van der Waals surface area contributed by atoms with Crippen molar-refractivity contribution < 1.29 is 29.0 Å². The molecule has 1 heterocycles. The average molecular weight is 386 g/mol. The fourth-order valence-corrected chi connectivity index (χ4v) is 2.41. The second-order valence-electron chi connectivity index (χ2n) is 6.08. The van der Waals surface area contributed by atoms with Crippen molar-refractivity contribution in [3.05, 3.63) is 60.7 Å². The minimum Gasteiger partial charge on any atom is -0.465 e. The first-order chi connectivity index (χ1) is 13.4. The molecule has 8 heteroatoms. The molecule has 3 N–H and O–H groups in total. The van der Waals surface area contributed by atoms with Crippen molar-refractivity contribution >= 4 is 29.5 Å². The molecule has 3 rings (SSSR count). The van der Waals surface area contributed by atoms with Crippen LogP contribution in [0.5, 0.6) is 0 Å². The first kappa shape index (κ1) is 20.8. The number of carbonyl (C=O) groups is 3. The van der Waals surface area contributed by atoms with Gasteiger partial charge in [-0.15, -0.1) is 0 Å². The third kappa shape index (κ3) is 7.36. The zero-order valence-electron chi connectivity index (χ0n) is 15.3. The van der Waals surface area contributed by atoms with Gasteiger partial charge in [0.1, 0.15) is 12.7 Å². The Morgan fingerprint density at radius 2 is 1.57 bits per heavy atom. The van der Waals surface area contributed by atoms with Crippen LogP contribution in [0.15, 0.2) is 60.7 Å². The number of hydrogen-bond acceptors (Lipinski definition) is 5. The summed E-state index contributed by atoms with van der Waals surface area (Å²) in [6.07, 6.45) is -1.31. The van der Waals surface area contributed by atoms with E-state index in [0.29, 0.717) is 17.8 Å². The molecule has 0 spiro atoms. The topological polar surface area (TPSA) is 114 Å². The molecule has 2 atom stereocenters. The van der Waals surface area contributed by atoms with Crippen molar-refractivity contribution in [2.45, 2.75) is 19.4 Å². The summed E-state index contributed by atoms with van der Waals surface area (Å²) in [4.78, 5) is 32.7. The maximum Gasteiger partial charge on any atom is 0.411 e. The molecule has 2 unspecified atom stereocenters. The van der Waals surface area contributed by atoms with Gasteiger partial charge in [-0.05, 0) is 24.3 Å². The predicted molar refractivity (Wildman–Crippen MR) is 103 cm³/mol. The molecule has 2 aromatic rings. The molecule has 2 aromatic carbocycles. The predicted octanol–water partition coefficient (Wildman–Crippen LogP) is 3.96. The highest BCUT2D eigenvalue weighted by molar-refractivity contribution is 5.84. The van der Waals surface area contributed by atoms with Crippen molar-refractivity contribution in [3.63, 3.8) is 0 Å². The summed E-state index contributed by atoms with van der Waals surface area (Å²) in [5.74, 6) is -0.345. The number of para-hydroxylation sites is 2. The highest BCUT2D eigenvalue weighted by Crippen LogP contribution is 2.20. The second kappa shape index (κ2) is 10.6. The Labute approximate surface area is 162 Å². The van der Waals surface area contributed by atoms with Crippen LogP contribution in [0.4, 0.5) is 21.0 Å². The summed E-state index contributed by atoms with van der Waals surface area (Å²) < 4.78 is 10.0. The van der Waals surface area contributed by atoms with E-state index in [4.69, 9.17) is 14.6 Å². The SMILES string of the molecule is CC1CC(COC(=O)Nc2ccccc2)OC1=O.O=C(O)Nc1ccccc1. The third-order valence-electron chi connectivity index (χ3n) is 3.75. The van der Waals surface area contributed by atoms with Gasteiger partial charge in [0.15, 0.2) is 0 Å². The van der Waals surface area contributed by atoms with E-state index in [2.05, 4.69) is 10.6 Å². The van der Waals surface area contributed by atoms with E-state index < -0.39 is 12.2 Å². The lowest BCUT2D eigenvalue weighted by molar-refractivity contribution is -0.145. The Bertz CT molecular complexity index is 782. The normalized spacial score (nSPS) is 17.5. The first-order valence-electron chi connectivity index (χ1n) is 8.68. The summed E-state index contributed by atoms with van der Waals surface area (Å²) in [5, 5.41) is 13.1. The van der Waals surface area contributed by atoms with Crippen LogP contribution in [0.2, 0.25) is 0 Å². The molecule has 1 aliphatic rings. The highest BCUT2D eigenvalue weighted by Gasteiger charge is 2.31. The summed E-state index contributed by atoms with van der Waals surface area (Å²) in [5.41, 5.74) is 1.26.